The topological polar surface area (TPSA) is 77.6 Å². The molecule has 0 radical (unpaired) electrons. The molecule has 0 spiro atoms. The van der Waals surface area contributed by atoms with E-state index in [1.807, 2.05) is 0 Å². The number of aliphatic imine (C=N–C) groups is 1. The highest BCUT2D eigenvalue weighted by Gasteiger charge is 2.12. The summed E-state index contributed by atoms with van der Waals surface area (Å²) in [6.07, 6.45) is 14.2. The van der Waals surface area contributed by atoms with Crippen molar-refractivity contribution in [2.45, 2.75) is 64.3 Å². The van der Waals surface area contributed by atoms with Crippen LogP contribution in [0.5, 0.6) is 5.88 Å². The smallest absolute Gasteiger partial charge is 0.259 e. The second-order valence-electron chi connectivity index (χ2n) is 7.94. The van der Waals surface area contributed by atoms with Crippen molar-refractivity contribution in [2.24, 2.45) is 4.99 Å². The first-order valence-electron chi connectivity index (χ1n) is 10.7. The first-order valence-corrected chi connectivity index (χ1v) is 11.1. The zero-order chi connectivity index (χ0) is 19.8. The van der Waals surface area contributed by atoms with Crippen LogP contribution in [0.3, 0.4) is 0 Å². The van der Waals surface area contributed by atoms with Crippen LogP contribution in [-0.4, -0.2) is 41.9 Å². The van der Waals surface area contributed by atoms with Crippen LogP contribution in [-0.2, 0) is 6.54 Å². The number of hydrogen-bond acceptors (Lipinski definition) is 4. The van der Waals surface area contributed by atoms with E-state index < -0.39 is 5.56 Å². The summed E-state index contributed by atoms with van der Waals surface area (Å²) in [5, 5.41) is 12.8. The zero-order valence-electron chi connectivity index (χ0n) is 16.7. The molecule has 0 saturated carbocycles. The minimum Gasteiger partial charge on any atom is -0.859 e. The van der Waals surface area contributed by atoms with E-state index in [9.17, 15) is 9.90 Å². The lowest BCUT2D eigenvalue weighted by molar-refractivity contribution is -0.904. The third kappa shape index (κ3) is 5.88. The molecule has 1 aliphatic heterocycles. The van der Waals surface area contributed by atoms with Crippen LogP contribution in [0.4, 0.5) is 0 Å². The van der Waals surface area contributed by atoms with Crippen molar-refractivity contribution in [1.82, 2.24) is 9.55 Å². The number of nitrogens with one attached hydrogen (secondary N) is 2. The van der Waals surface area contributed by atoms with Crippen molar-refractivity contribution in [2.75, 3.05) is 26.2 Å². The molecule has 0 bridgehead atoms. The average Bonchev–Trinajstić information content (AvgIpc) is 2.71. The van der Waals surface area contributed by atoms with Gasteiger partial charge in [0.15, 0.2) is 4.77 Å². The van der Waals surface area contributed by atoms with Gasteiger partial charge in [0.05, 0.1) is 25.2 Å². The van der Waals surface area contributed by atoms with E-state index in [0.717, 1.165) is 32.2 Å². The highest BCUT2D eigenvalue weighted by Crippen LogP contribution is 2.21. The van der Waals surface area contributed by atoms with Gasteiger partial charge in [-0.15, -0.1) is 0 Å². The van der Waals surface area contributed by atoms with E-state index in [-0.39, 0.29) is 16.2 Å². The lowest BCUT2D eigenvalue weighted by Crippen LogP contribution is -3.12. The van der Waals surface area contributed by atoms with Gasteiger partial charge in [-0.3, -0.25) is 14.8 Å². The number of rotatable bonds is 8. The largest absolute Gasteiger partial charge is 0.859 e. The SMILES string of the molecule is O=c1[nH]c(=S)n(CCC2=CCCCC2)c([O-])c1C=NCCC[NH+]1CCCCC1. The number of nitrogens with zero attached hydrogens (tertiary/aromatic N) is 2. The second kappa shape index (κ2) is 10.7. The quantitative estimate of drug-likeness (QED) is 0.300. The Kier molecular flexibility index (Phi) is 8.03. The molecule has 1 saturated heterocycles. The molecule has 0 atom stereocenters. The lowest BCUT2D eigenvalue weighted by Gasteiger charge is -2.23. The molecule has 28 heavy (non-hydrogen) atoms. The maximum atomic E-state index is 12.8. The van der Waals surface area contributed by atoms with E-state index >= 15 is 0 Å². The number of piperidine rings is 1. The fourth-order valence-electron chi connectivity index (χ4n) is 4.15. The van der Waals surface area contributed by atoms with Gasteiger partial charge in [-0.1, -0.05) is 11.6 Å². The maximum Gasteiger partial charge on any atom is 0.259 e. The Bertz CT molecular complexity index is 819. The van der Waals surface area contributed by atoms with Gasteiger partial charge in [-0.05, 0) is 69.5 Å². The molecule has 0 aromatic carbocycles. The molecule has 2 N–H and O–H groups in total. The zero-order valence-corrected chi connectivity index (χ0v) is 17.5. The molecule has 6 nitrogen and oxygen atoms in total. The van der Waals surface area contributed by atoms with Gasteiger partial charge in [0.1, 0.15) is 0 Å². The number of allylic oxidation sites excluding steroid dienone is 2. The number of likely N-dealkylation sites (tertiary alicyclic amines) is 1. The third-order valence-corrected chi connectivity index (χ3v) is 6.15. The molecule has 1 aromatic heterocycles. The van der Waals surface area contributed by atoms with Crippen LogP contribution in [0, 0.1) is 4.77 Å². The summed E-state index contributed by atoms with van der Waals surface area (Å²) in [4.78, 5) is 20.8. The van der Waals surface area contributed by atoms with Crippen molar-refractivity contribution in [3.05, 3.63) is 32.3 Å². The van der Waals surface area contributed by atoms with Gasteiger partial charge in [-0.25, -0.2) is 0 Å². The standard InChI is InChI=1S/C21H32N4O2S/c26-19-18(16-22-11-7-14-24-12-5-2-6-13-24)20(27)25(21(28)23-19)15-10-17-8-3-1-4-9-17/h8,16,27H,1-7,9-15H2,(H,23,26,28). The van der Waals surface area contributed by atoms with Crippen LogP contribution >= 0.6 is 12.2 Å². The Hall–Kier alpha value is -1.73. The summed E-state index contributed by atoms with van der Waals surface area (Å²) in [6, 6.07) is 0. The molecule has 7 heteroatoms. The summed E-state index contributed by atoms with van der Waals surface area (Å²) in [6.45, 7) is 4.78. The summed E-state index contributed by atoms with van der Waals surface area (Å²) < 4.78 is 1.71. The molecule has 1 aromatic rings. The first kappa shape index (κ1) is 21.0. The molecular formula is C21H32N4O2S. The fourth-order valence-corrected chi connectivity index (χ4v) is 4.42. The van der Waals surface area contributed by atoms with Gasteiger partial charge in [0, 0.05) is 25.7 Å². The van der Waals surface area contributed by atoms with Crippen molar-refractivity contribution < 1.29 is 10.0 Å². The minimum atomic E-state index is -0.437. The van der Waals surface area contributed by atoms with Gasteiger partial charge in [0.25, 0.3) is 5.56 Å². The van der Waals surface area contributed by atoms with E-state index in [1.165, 1.54) is 61.5 Å². The van der Waals surface area contributed by atoms with Crippen LogP contribution in [0.25, 0.3) is 0 Å². The van der Waals surface area contributed by atoms with Crippen LogP contribution in [0.1, 0.15) is 63.4 Å². The van der Waals surface area contributed by atoms with E-state index in [2.05, 4.69) is 16.1 Å². The Morgan fingerprint density at radius 2 is 2.07 bits per heavy atom. The highest BCUT2D eigenvalue weighted by molar-refractivity contribution is 7.71. The molecule has 0 amide bonds. The number of aromatic amines is 1. The summed E-state index contributed by atoms with van der Waals surface area (Å²) in [5.41, 5.74) is 1.04. The molecule has 2 aliphatic rings. The Morgan fingerprint density at radius 3 is 2.82 bits per heavy atom. The van der Waals surface area contributed by atoms with Crippen LogP contribution in [0.2, 0.25) is 0 Å². The maximum absolute atomic E-state index is 12.8. The third-order valence-electron chi connectivity index (χ3n) is 5.83. The van der Waals surface area contributed by atoms with Crippen LogP contribution < -0.4 is 15.6 Å². The molecule has 0 unspecified atom stereocenters. The van der Waals surface area contributed by atoms with E-state index in [0.29, 0.717) is 13.1 Å². The highest BCUT2D eigenvalue weighted by atomic mass is 32.1. The second-order valence-corrected chi connectivity index (χ2v) is 8.32. The Morgan fingerprint density at radius 1 is 1.25 bits per heavy atom. The van der Waals surface area contributed by atoms with Crippen molar-refractivity contribution in [3.8, 4) is 5.88 Å². The number of aromatic nitrogens is 2. The molecule has 154 valence electrons. The number of hydrogen-bond donors (Lipinski definition) is 2. The van der Waals surface area contributed by atoms with E-state index in [4.69, 9.17) is 12.2 Å². The molecule has 1 aliphatic carbocycles. The summed E-state index contributed by atoms with van der Waals surface area (Å²) in [5.74, 6) is -0.324. The fraction of sp³-hybridized carbons (Fsp3) is 0.667. The number of quaternary nitrogens is 1. The minimum absolute atomic E-state index is 0.0940. The van der Waals surface area contributed by atoms with Gasteiger partial charge < -0.3 is 14.6 Å². The van der Waals surface area contributed by atoms with Gasteiger partial charge in [-0.2, -0.15) is 0 Å². The van der Waals surface area contributed by atoms with Gasteiger partial charge >= 0.3 is 0 Å². The predicted molar refractivity (Wildman–Crippen MR) is 113 cm³/mol. The molecule has 2 heterocycles. The Balaban J connectivity index is 1.59. The van der Waals surface area contributed by atoms with Crippen molar-refractivity contribution >= 4 is 18.4 Å². The first-order chi connectivity index (χ1) is 13.6. The Labute approximate surface area is 172 Å². The summed E-state index contributed by atoms with van der Waals surface area (Å²) >= 11 is 5.22. The predicted octanol–water partition coefficient (Wildman–Crippen LogP) is 1.75. The lowest BCUT2D eigenvalue weighted by atomic mass is 9.97. The van der Waals surface area contributed by atoms with Crippen LogP contribution in [0.15, 0.2) is 21.4 Å². The van der Waals surface area contributed by atoms with Crippen molar-refractivity contribution in [3.63, 3.8) is 0 Å². The number of H-pyrrole nitrogens is 1. The van der Waals surface area contributed by atoms with Crippen molar-refractivity contribution in [1.29, 1.82) is 0 Å². The van der Waals surface area contributed by atoms with Gasteiger partial charge in [0.2, 0.25) is 0 Å². The monoisotopic (exact) mass is 404 g/mol. The van der Waals surface area contributed by atoms with E-state index in [1.54, 1.807) is 4.90 Å². The molecule has 3 rings (SSSR count). The summed E-state index contributed by atoms with van der Waals surface area (Å²) in [7, 11) is 0. The molecule has 1 fully saturated rings. The normalized spacial score (nSPS) is 18.5. The average molecular weight is 405 g/mol. The molecular weight excluding hydrogens is 372 g/mol.